The molecule has 0 fully saturated rings. The third-order valence-electron chi connectivity index (χ3n) is 2.74. The van der Waals surface area contributed by atoms with Gasteiger partial charge in [0.2, 0.25) is 0 Å². The van der Waals surface area contributed by atoms with E-state index in [-0.39, 0.29) is 22.8 Å². The monoisotopic (exact) mass is 267 g/mol. The van der Waals surface area contributed by atoms with Crippen LogP contribution in [-0.2, 0) is 9.59 Å². The van der Waals surface area contributed by atoms with E-state index in [9.17, 15) is 18.4 Å². The molecule has 5 nitrogen and oxygen atoms in total. The van der Waals surface area contributed by atoms with Gasteiger partial charge in [-0.05, 0) is 19.1 Å². The zero-order valence-corrected chi connectivity index (χ0v) is 9.65. The highest BCUT2D eigenvalue weighted by Gasteiger charge is 2.44. The van der Waals surface area contributed by atoms with Crippen molar-refractivity contribution in [1.29, 1.82) is 0 Å². The Morgan fingerprint density at radius 1 is 1.16 bits per heavy atom. The number of hydrogen-bond donors (Lipinski definition) is 0. The fourth-order valence-corrected chi connectivity index (χ4v) is 1.91. The average Bonchev–Trinajstić information content (AvgIpc) is 2.74. The predicted molar refractivity (Wildman–Crippen MR) is 58.9 cm³/mol. The van der Waals surface area contributed by atoms with Crippen molar-refractivity contribution in [3.05, 3.63) is 29.8 Å². The molecule has 2 aliphatic heterocycles. The summed E-state index contributed by atoms with van der Waals surface area (Å²) >= 11 is 0. The summed E-state index contributed by atoms with van der Waals surface area (Å²) < 4.78 is 34.2. The number of ether oxygens (including phenoxy) is 2. The molecule has 0 aliphatic carbocycles. The van der Waals surface area contributed by atoms with Crippen molar-refractivity contribution in [2.24, 2.45) is 0 Å². The van der Waals surface area contributed by atoms with Crippen LogP contribution in [0.3, 0.4) is 0 Å². The standard InChI is InChI=1S/C12H7F2NO4/c1-6-4-10(16)15(11(6)17)7-2-3-8-9(5-7)19-12(13,14)18-8/h2-5H,1H3. The van der Waals surface area contributed by atoms with Crippen molar-refractivity contribution >= 4 is 17.5 Å². The van der Waals surface area contributed by atoms with E-state index >= 15 is 0 Å². The molecular weight excluding hydrogens is 260 g/mol. The third kappa shape index (κ3) is 1.74. The number of amides is 2. The molecule has 0 unspecified atom stereocenters. The fraction of sp³-hybridized carbons (Fsp3) is 0.167. The number of halogens is 2. The van der Waals surface area contributed by atoms with Crippen molar-refractivity contribution in [3.8, 4) is 11.5 Å². The van der Waals surface area contributed by atoms with Crippen LogP contribution in [0, 0.1) is 0 Å². The van der Waals surface area contributed by atoms with Gasteiger partial charge in [-0.15, -0.1) is 8.78 Å². The van der Waals surface area contributed by atoms with Gasteiger partial charge in [-0.3, -0.25) is 9.59 Å². The smallest absolute Gasteiger partial charge is 0.395 e. The van der Waals surface area contributed by atoms with Crippen molar-refractivity contribution in [1.82, 2.24) is 0 Å². The molecule has 7 heteroatoms. The Kier molecular flexibility index (Phi) is 2.16. The normalized spacial score (nSPS) is 19.9. The number of benzene rings is 1. The Balaban J connectivity index is 1.98. The summed E-state index contributed by atoms with van der Waals surface area (Å²) in [4.78, 5) is 24.3. The van der Waals surface area contributed by atoms with Gasteiger partial charge in [-0.1, -0.05) is 0 Å². The molecule has 2 amide bonds. The summed E-state index contributed by atoms with van der Waals surface area (Å²) in [6.07, 6.45) is -2.55. The summed E-state index contributed by atoms with van der Waals surface area (Å²) in [5.41, 5.74) is 0.441. The highest BCUT2D eigenvalue weighted by Crippen LogP contribution is 2.43. The summed E-state index contributed by atoms with van der Waals surface area (Å²) in [6, 6.07) is 3.73. The van der Waals surface area contributed by atoms with E-state index in [0.29, 0.717) is 0 Å². The second-order valence-corrected chi connectivity index (χ2v) is 4.10. The Labute approximate surface area is 106 Å². The van der Waals surface area contributed by atoms with Gasteiger partial charge >= 0.3 is 6.29 Å². The zero-order valence-electron chi connectivity index (χ0n) is 9.65. The number of fused-ring (bicyclic) bond motifs is 1. The van der Waals surface area contributed by atoms with Crippen LogP contribution in [0.2, 0.25) is 0 Å². The quantitative estimate of drug-likeness (QED) is 0.728. The molecule has 2 aliphatic rings. The molecule has 0 aromatic heterocycles. The molecule has 1 aromatic carbocycles. The summed E-state index contributed by atoms with van der Waals surface area (Å²) in [5.74, 6) is -1.37. The highest BCUT2D eigenvalue weighted by atomic mass is 19.3. The lowest BCUT2D eigenvalue weighted by molar-refractivity contribution is -0.286. The van der Waals surface area contributed by atoms with E-state index in [1.54, 1.807) is 0 Å². The summed E-state index contributed by atoms with van der Waals surface area (Å²) in [6.45, 7) is 1.50. The van der Waals surface area contributed by atoms with E-state index in [4.69, 9.17) is 0 Å². The summed E-state index contributed by atoms with van der Waals surface area (Å²) in [7, 11) is 0. The molecule has 98 valence electrons. The second-order valence-electron chi connectivity index (χ2n) is 4.10. The molecule has 1 aromatic rings. The van der Waals surface area contributed by atoms with Gasteiger partial charge in [-0.2, -0.15) is 0 Å². The van der Waals surface area contributed by atoms with Crippen LogP contribution in [-0.4, -0.2) is 18.1 Å². The van der Waals surface area contributed by atoms with Crippen LogP contribution in [0.15, 0.2) is 29.8 Å². The number of hydrogen-bond acceptors (Lipinski definition) is 4. The first kappa shape index (κ1) is 11.6. The number of imide groups is 1. The van der Waals surface area contributed by atoms with Crippen LogP contribution < -0.4 is 14.4 Å². The molecule has 0 spiro atoms. The molecule has 2 heterocycles. The molecule has 0 saturated heterocycles. The molecule has 0 bridgehead atoms. The largest absolute Gasteiger partial charge is 0.586 e. The van der Waals surface area contributed by atoms with E-state index in [2.05, 4.69) is 9.47 Å². The van der Waals surface area contributed by atoms with Gasteiger partial charge in [0.1, 0.15) is 0 Å². The lowest BCUT2D eigenvalue weighted by Gasteiger charge is -2.14. The van der Waals surface area contributed by atoms with Gasteiger partial charge in [-0.25, -0.2) is 4.90 Å². The average molecular weight is 267 g/mol. The molecule has 3 rings (SSSR count). The van der Waals surface area contributed by atoms with Gasteiger partial charge in [0, 0.05) is 17.7 Å². The molecule has 19 heavy (non-hydrogen) atoms. The third-order valence-corrected chi connectivity index (χ3v) is 2.74. The van der Waals surface area contributed by atoms with Crippen molar-refractivity contribution < 1.29 is 27.8 Å². The number of carbonyl (C=O) groups is 2. The van der Waals surface area contributed by atoms with Gasteiger partial charge in [0.15, 0.2) is 11.5 Å². The van der Waals surface area contributed by atoms with Gasteiger partial charge in [0.05, 0.1) is 5.69 Å². The highest BCUT2D eigenvalue weighted by molar-refractivity contribution is 6.30. The Bertz CT molecular complexity index is 639. The van der Waals surface area contributed by atoms with Crippen LogP contribution >= 0.6 is 0 Å². The molecule has 0 saturated carbocycles. The van der Waals surface area contributed by atoms with Crippen LogP contribution in [0.25, 0.3) is 0 Å². The maximum absolute atomic E-state index is 12.9. The Hall–Kier alpha value is -2.44. The van der Waals surface area contributed by atoms with Gasteiger partial charge in [0.25, 0.3) is 11.8 Å². The fourth-order valence-electron chi connectivity index (χ4n) is 1.91. The number of nitrogens with zero attached hydrogens (tertiary/aromatic N) is 1. The molecule has 0 atom stereocenters. The lowest BCUT2D eigenvalue weighted by atomic mass is 10.2. The number of carbonyl (C=O) groups excluding carboxylic acids is 2. The van der Waals surface area contributed by atoms with E-state index in [1.807, 2.05) is 0 Å². The van der Waals surface area contributed by atoms with Crippen LogP contribution in [0.1, 0.15) is 6.92 Å². The van der Waals surface area contributed by atoms with Gasteiger partial charge < -0.3 is 9.47 Å². The van der Waals surface area contributed by atoms with Crippen LogP contribution in [0.5, 0.6) is 11.5 Å². The lowest BCUT2D eigenvalue weighted by Crippen LogP contribution is -2.30. The van der Waals surface area contributed by atoms with Crippen LogP contribution in [0.4, 0.5) is 14.5 Å². The van der Waals surface area contributed by atoms with Crippen molar-refractivity contribution in [2.75, 3.05) is 4.90 Å². The number of rotatable bonds is 1. The second kappa shape index (κ2) is 3.53. The maximum atomic E-state index is 12.9. The Morgan fingerprint density at radius 2 is 1.84 bits per heavy atom. The SMILES string of the molecule is CC1=CC(=O)N(c2ccc3c(c2)OC(F)(F)O3)C1=O. The molecule has 0 radical (unpaired) electrons. The van der Waals surface area contributed by atoms with Crippen molar-refractivity contribution in [3.63, 3.8) is 0 Å². The minimum Gasteiger partial charge on any atom is -0.395 e. The topological polar surface area (TPSA) is 55.8 Å². The zero-order chi connectivity index (χ0) is 13.8. The number of alkyl halides is 2. The number of anilines is 1. The first-order chi connectivity index (χ1) is 8.87. The predicted octanol–water partition coefficient (Wildman–Crippen LogP) is 1.83. The Morgan fingerprint density at radius 3 is 2.47 bits per heavy atom. The summed E-state index contributed by atoms with van der Waals surface area (Å²) in [5, 5.41) is 0. The molecule has 0 N–H and O–H groups in total. The van der Waals surface area contributed by atoms with E-state index in [0.717, 1.165) is 4.90 Å². The first-order valence-electron chi connectivity index (χ1n) is 5.34. The maximum Gasteiger partial charge on any atom is 0.586 e. The van der Waals surface area contributed by atoms with Crippen molar-refractivity contribution in [2.45, 2.75) is 13.2 Å². The molecular formula is C12H7F2NO4. The van der Waals surface area contributed by atoms with E-state index in [1.165, 1.54) is 31.2 Å². The minimum absolute atomic E-state index is 0.141. The first-order valence-corrected chi connectivity index (χ1v) is 5.34. The minimum atomic E-state index is -3.73. The van der Waals surface area contributed by atoms with E-state index < -0.39 is 18.1 Å².